The van der Waals surface area contributed by atoms with Crippen LogP contribution in [0.25, 0.3) is 0 Å². The highest BCUT2D eigenvalue weighted by molar-refractivity contribution is 14.1. The van der Waals surface area contributed by atoms with Crippen molar-refractivity contribution in [1.29, 1.82) is 0 Å². The Kier molecular flexibility index (Phi) is 6.78. The molecule has 0 bridgehead atoms. The molecule has 82 valence electrons. The Morgan fingerprint density at radius 1 is 1.50 bits per heavy atom. The van der Waals surface area contributed by atoms with Crippen LogP contribution in [-0.2, 0) is 9.53 Å². The molecule has 1 unspecified atom stereocenters. The predicted molar refractivity (Wildman–Crippen MR) is 68.5 cm³/mol. The van der Waals surface area contributed by atoms with Gasteiger partial charge in [-0.1, -0.05) is 63.0 Å². The summed E-state index contributed by atoms with van der Waals surface area (Å²) in [5.74, 6) is -0.403. The molecule has 0 aliphatic heterocycles. The smallest absolute Gasteiger partial charge is 0.316 e. The van der Waals surface area contributed by atoms with E-state index in [0.29, 0.717) is 0 Å². The quantitative estimate of drug-likeness (QED) is 0.328. The van der Waals surface area contributed by atoms with E-state index in [2.05, 4.69) is 0 Å². The van der Waals surface area contributed by atoms with Crippen LogP contribution >= 0.6 is 57.4 Å². The third kappa shape index (κ3) is 6.32. The van der Waals surface area contributed by atoms with Crippen molar-refractivity contribution in [3.8, 4) is 0 Å². The highest BCUT2D eigenvalue weighted by Gasteiger charge is 2.33. The van der Waals surface area contributed by atoms with Crippen LogP contribution in [0.5, 0.6) is 0 Å². The lowest BCUT2D eigenvalue weighted by molar-refractivity contribution is -0.143. The minimum atomic E-state index is -1.63. The summed E-state index contributed by atoms with van der Waals surface area (Å²) in [6, 6.07) is 0. The first-order valence-corrected chi connectivity index (χ1v) is 6.40. The average Bonchev–Trinajstić information content (AvgIpc) is 2.00. The second kappa shape index (κ2) is 6.40. The van der Waals surface area contributed by atoms with Gasteiger partial charge in [0.2, 0.25) is 3.79 Å². The molecule has 0 aliphatic carbocycles. The van der Waals surface area contributed by atoms with Crippen LogP contribution in [0, 0.1) is 0 Å². The number of ether oxygens (including phenoxy) is 1. The van der Waals surface area contributed by atoms with Crippen molar-refractivity contribution in [2.45, 2.75) is 23.7 Å². The van der Waals surface area contributed by atoms with E-state index in [1.165, 1.54) is 0 Å². The predicted octanol–water partition coefficient (Wildman–Crippen LogP) is 3.67. The summed E-state index contributed by atoms with van der Waals surface area (Å²) in [6.07, 6.45) is 0.775. The minimum Gasteiger partial charge on any atom is -0.453 e. The lowest BCUT2D eigenvalue weighted by Gasteiger charge is -2.21. The molecule has 1 atom stereocenters. The molecule has 0 aromatic rings. The van der Waals surface area contributed by atoms with Gasteiger partial charge in [0.1, 0.15) is 0 Å². The SMILES string of the molecule is CC(C)=CC(OC(=O)CI)C(Cl)(Cl)Cl. The summed E-state index contributed by atoms with van der Waals surface area (Å²) >= 11 is 18.8. The Morgan fingerprint density at radius 2 is 2.00 bits per heavy atom. The summed E-state index contributed by atoms with van der Waals surface area (Å²) in [4.78, 5) is 11.0. The summed E-state index contributed by atoms with van der Waals surface area (Å²) < 4.78 is 3.56. The number of carbonyl (C=O) groups excluding carboxylic acids is 1. The Balaban J connectivity index is 4.58. The molecule has 0 fully saturated rings. The molecule has 6 heteroatoms. The first-order valence-electron chi connectivity index (χ1n) is 3.74. The minimum absolute atomic E-state index is 0.228. The van der Waals surface area contributed by atoms with Gasteiger partial charge < -0.3 is 4.74 Å². The van der Waals surface area contributed by atoms with Crippen LogP contribution in [-0.4, -0.2) is 20.3 Å². The van der Waals surface area contributed by atoms with Crippen molar-refractivity contribution in [3.63, 3.8) is 0 Å². The molecule has 14 heavy (non-hydrogen) atoms. The van der Waals surface area contributed by atoms with Crippen LogP contribution in [0.15, 0.2) is 11.6 Å². The van der Waals surface area contributed by atoms with Gasteiger partial charge in [-0.05, 0) is 19.9 Å². The number of carbonyl (C=O) groups is 1. The number of rotatable bonds is 3. The zero-order chi connectivity index (χ0) is 11.4. The maximum atomic E-state index is 11.0. The summed E-state index contributed by atoms with van der Waals surface area (Å²) in [5.41, 5.74) is 0.919. The maximum absolute atomic E-state index is 11.0. The monoisotopic (exact) mass is 370 g/mol. The zero-order valence-electron chi connectivity index (χ0n) is 7.69. The van der Waals surface area contributed by atoms with E-state index in [1.54, 1.807) is 6.08 Å². The molecule has 0 aromatic heterocycles. The Labute approximate surface area is 112 Å². The van der Waals surface area contributed by atoms with E-state index in [0.717, 1.165) is 5.57 Å². The van der Waals surface area contributed by atoms with Crippen LogP contribution in [0.3, 0.4) is 0 Å². The number of halogens is 4. The zero-order valence-corrected chi connectivity index (χ0v) is 12.1. The maximum Gasteiger partial charge on any atom is 0.316 e. The highest BCUT2D eigenvalue weighted by Crippen LogP contribution is 2.33. The molecule has 0 rings (SSSR count). The fourth-order valence-corrected chi connectivity index (χ4v) is 1.17. The van der Waals surface area contributed by atoms with Crippen LogP contribution in [0.2, 0.25) is 0 Å². The molecular formula is C8H10Cl3IO2. The number of alkyl halides is 4. The normalized spacial score (nSPS) is 13.3. The van der Waals surface area contributed by atoms with Crippen LogP contribution < -0.4 is 0 Å². The molecule has 0 radical (unpaired) electrons. The van der Waals surface area contributed by atoms with Gasteiger partial charge in [0.25, 0.3) is 0 Å². The standard InChI is InChI=1S/C8H10Cl3IO2/c1-5(2)3-6(8(9,10)11)14-7(13)4-12/h3,6H,4H2,1-2H3. The van der Waals surface area contributed by atoms with E-state index in [1.807, 2.05) is 36.4 Å². The largest absolute Gasteiger partial charge is 0.453 e. The second-order valence-corrected chi connectivity index (χ2v) is 5.96. The number of esters is 1. The van der Waals surface area contributed by atoms with Crippen molar-refractivity contribution in [3.05, 3.63) is 11.6 Å². The number of allylic oxidation sites excluding steroid dienone is 1. The number of hydrogen-bond donors (Lipinski definition) is 0. The molecule has 0 saturated carbocycles. The first-order chi connectivity index (χ1) is 6.27. The van der Waals surface area contributed by atoms with Crippen molar-refractivity contribution < 1.29 is 9.53 Å². The molecule has 2 nitrogen and oxygen atoms in total. The second-order valence-electron chi connectivity index (χ2n) is 2.83. The van der Waals surface area contributed by atoms with E-state index >= 15 is 0 Å². The van der Waals surface area contributed by atoms with Gasteiger partial charge in [-0.15, -0.1) is 0 Å². The molecule has 0 N–H and O–H groups in total. The number of hydrogen-bond acceptors (Lipinski definition) is 2. The summed E-state index contributed by atoms with van der Waals surface area (Å²) in [6.45, 7) is 3.67. The van der Waals surface area contributed by atoms with E-state index in [9.17, 15) is 4.79 Å². The van der Waals surface area contributed by atoms with E-state index in [4.69, 9.17) is 39.5 Å². The molecule has 0 amide bonds. The highest BCUT2D eigenvalue weighted by atomic mass is 127. The molecule has 0 aliphatic rings. The van der Waals surface area contributed by atoms with Gasteiger partial charge in [-0.3, -0.25) is 4.79 Å². The lowest BCUT2D eigenvalue weighted by Crippen LogP contribution is -2.30. The van der Waals surface area contributed by atoms with Gasteiger partial charge in [0, 0.05) is 0 Å². The fourth-order valence-electron chi connectivity index (χ4n) is 0.671. The van der Waals surface area contributed by atoms with Gasteiger partial charge in [-0.2, -0.15) is 0 Å². The fraction of sp³-hybridized carbons (Fsp3) is 0.625. The van der Waals surface area contributed by atoms with Crippen molar-refractivity contribution >= 4 is 63.4 Å². The van der Waals surface area contributed by atoms with Crippen molar-refractivity contribution in [2.75, 3.05) is 4.43 Å². The molecule has 0 heterocycles. The van der Waals surface area contributed by atoms with Crippen molar-refractivity contribution in [2.24, 2.45) is 0 Å². The molecular weight excluding hydrogens is 361 g/mol. The summed E-state index contributed by atoms with van der Waals surface area (Å²) in [5, 5.41) is 0. The Morgan fingerprint density at radius 3 is 2.29 bits per heavy atom. The average molecular weight is 371 g/mol. The Bertz CT molecular complexity index is 231. The molecule has 0 aromatic carbocycles. The Hall–Kier alpha value is 0.810. The topological polar surface area (TPSA) is 26.3 Å². The van der Waals surface area contributed by atoms with Crippen molar-refractivity contribution in [1.82, 2.24) is 0 Å². The van der Waals surface area contributed by atoms with Gasteiger partial charge in [-0.25, -0.2) is 0 Å². The third-order valence-corrected chi connectivity index (χ3v) is 2.44. The van der Waals surface area contributed by atoms with Gasteiger partial charge >= 0.3 is 5.97 Å². The first kappa shape index (κ1) is 14.8. The van der Waals surface area contributed by atoms with E-state index in [-0.39, 0.29) is 4.43 Å². The van der Waals surface area contributed by atoms with Gasteiger partial charge in [0.05, 0.1) is 4.43 Å². The lowest BCUT2D eigenvalue weighted by atomic mass is 10.2. The summed E-state index contributed by atoms with van der Waals surface area (Å²) in [7, 11) is 0. The van der Waals surface area contributed by atoms with E-state index < -0.39 is 15.9 Å². The van der Waals surface area contributed by atoms with Crippen LogP contribution in [0.4, 0.5) is 0 Å². The van der Waals surface area contributed by atoms with Crippen LogP contribution in [0.1, 0.15) is 13.8 Å². The molecule has 0 spiro atoms. The third-order valence-electron chi connectivity index (χ3n) is 1.17. The van der Waals surface area contributed by atoms with Gasteiger partial charge in [0.15, 0.2) is 6.10 Å². The molecule has 0 saturated heterocycles.